The Morgan fingerprint density at radius 2 is 2.24 bits per heavy atom. The van der Waals surface area contributed by atoms with E-state index in [0.717, 1.165) is 23.0 Å². The number of aromatic nitrogens is 2. The molecule has 3 nitrogen and oxygen atoms in total. The lowest BCUT2D eigenvalue weighted by Gasteiger charge is -2.04. The molecule has 0 bridgehead atoms. The van der Waals surface area contributed by atoms with Crippen LogP contribution in [0, 0.1) is 0 Å². The fourth-order valence-corrected chi connectivity index (χ4v) is 2.64. The average Bonchev–Trinajstić information content (AvgIpc) is 2.99. The van der Waals surface area contributed by atoms with Crippen LogP contribution in [-0.4, -0.2) is 14.7 Å². The van der Waals surface area contributed by atoms with Gasteiger partial charge in [0.25, 0.3) is 0 Å². The summed E-state index contributed by atoms with van der Waals surface area (Å²) >= 11 is 1.66. The van der Waals surface area contributed by atoms with Crippen molar-refractivity contribution in [1.29, 1.82) is 0 Å². The zero-order valence-corrected chi connectivity index (χ0v) is 10.0. The van der Waals surface area contributed by atoms with Gasteiger partial charge in [-0.25, -0.2) is 0 Å². The molecule has 17 heavy (non-hydrogen) atoms. The lowest BCUT2D eigenvalue weighted by atomic mass is 10.1. The third-order valence-corrected chi connectivity index (χ3v) is 3.65. The fraction of sp³-hybridized carbons (Fsp3) is 0.154. The lowest BCUT2D eigenvalue weighted by molar-refractivity contribution is 0.283. The van der Waals surface area contributed by atoms with Crippen molar-refractivity contribution in [3.05, 3.63) is 52.6 Å². The van der Waals surface area contributed by atoms with Crippen molar-refractivity contribution in [2.75, 3.05) is 0 Å². The molecule has 0 aliphatic rings. The lowest BCUT2D eigenvalue weighted by Crippen LogP contribution is -1.95. The van der Waals surface area contributed by atoms with Gasteiger partial charge < -0.3 is 9.67 Å². The summed E-state index contributed by atoms with van der Waals surface area (Å²) in [7, 11) is 0. The van der Waals surface area contributed by atoms with Crippen LogP contribution in [0.4, 0.5) is 0 Å². The summed E-state index contributed by atoms with van der Waals surface area (Å²) in [5.74, 6) is 0. The summed E-state index contributed by atoms with van der Waals surface area (Å²) in [4.78, 5) is 5.31. The van der Waals surface area contributed by atoms with Gasteiger partial charge in [0.15, 0.2) is 0 Å². The Labute approximate surface area is 103 Å². The van der Waals surface area contributed by atoms with Crippen molar-refractivity contribution < 1.29 is 5.11 Å². The fourth-order valence-electron chi connectivity index (χ4n) is 2.05. The summed E-state index contributed by atoms with van der Waals surface area (Å²) in [6, 6.07) is 8.08. The van der Waals surface area contributed by atoms with E-state index < -0.39 is 0 Å². The highest BCUT2D eigenvalue weighted by Gasteiger charge is 2.05. The summed E-state index contributed by atoms with van der Waals surface area (Å²) in [5, 5.41) is 10.4. The van der Waals surface area contributed by atoms with E-state index in [4.69, 9.17) is 0 Å². The molecule has 0 unspecified atom stereocenters. The highest BCUT2D eigenvalue weighted by molar-refractivity contribution is 7.09. The van der Waals surface area contributed by atoms with Gasteiger partial charge in [-0.3, -0.25) is 4.98 Å². The number of benzene rings is 1. The zero-order chi connectivity index (χ0) is 11.7. The minimum Gasteiger partial charge on any atom is -0.392 e. The summed E-state index contributed by atoms with van der Waals surface area (Å²) < 4.78 is 2.18. The van der Waals surface area contributed by atoms with Crippen LogP contribution in [0.1, 0.15) is 10.4 Å². The smallest absolute Gasteiger partial charge is 0.0794 e. The van der Waals surface area contributed by atoms with Gasteiger partial charge in [0.05, 0.1) is 18.7 Å². The quantitative estimate of drug-likeness (QED) is 0.769. The van der Waals surface area contributed by atoms with Crippen molar-refractivity contribution in [1.82, 2.24) is 9.55 Å². The van der Waals surface area contributed by atoms with E-state index in [1.165, 1.54) is 4.88 Å². The first-order valence-corrected chi connectivity index (χ1v) is 6.31. The van der Waals surface area contributed by atoms with Crippen molar-refractivity contribution in [2.45, 2.75) is 13.2 Å². The summed E-state index contributed by atoms with van der Waals surface area (Å²) in [5.41, 5.74) is 3.98. The van der Waals surface area contributed by atoms with E-state index in [9.17, 15) is 5.11 Å². The number of aliphatic hydroxyl groups is 1. The van der Waals surface area contributed by atoms with Crippen LogP contribution in [0.3, 0.4) is 0 Å². The molecule has 0 spiro atoms. The largest absolute Gasteiger partial charge is 0.392 e. The van der Waals surface area contributed by atoms with Crippen LogP contribution in [-0.2, 0) is 13.2 Å². The van der Waals surface area contributed by atoms with Gasteiger partial charge in [-0.2, -0.15) is 0 Å². The second kappa shape index (κ2) is 4.31. The number of hydrogen-bond donors (Lipinski definition) is 1. The first-order chi connectivity index (χ1) is 8.38. The normalized spacial score (nSPS) is 11.1. The maximum atomic E-state index is 9.28. The number of aliphatic hydroxyl groups excluding tert-OH is 1. The molecule has 0 saturated heterocycles. The van der Waals surface area contributed by atoms with E-state index in [2.05, 4.69) is 27.9 Å². The van der Waals surface area contributed by atoms with Gasteiger partial charge in [0, 0.05) is 28.2 Å². The molecule has 2 heterocycles. The Kier molecular flexibility index (Phi) is 2.66. The number of thiazole rings is 1. The molecular weight excluding hydrogens is 232 g/mol. The molecule has 1 N–H and O–H groups in total. The maximum Gasteiger partial charge on any atom is 0.0794 e. The Bertz CT molecular complexity index is 628. The van der Waals surface area contributed by atoms with E-state index in [0.29, 0.717) is 0 Å². The topological polar surface area (TPSA) is 38.0 Å². The Morgan fingerprint density at radius 3 is 3.00 bits per heavy atom. The molecule has 3 rings (SSSR count). The SMILES string of the molecule is OCc1cccc2c1ccn2Cc1cncs1. The van der Waals surface area contributed by atoms with Gasteiger partial charge in [0.1, 0.15) is 0 Å². The van der Waals surface area contributed by atoms with Gasteiger partial charge in [-0.1, -0.05) is 12.1 Å². The number of hydrogen-bond acceptors (Lipinski definition) is 3. The second-order valence-corrected chi connectivity index (χ2v) is 4.89. The molecule has 0 radical (unpaired) electrons. The van der Waals surface area contributed by atoms with Crippen molar-refractivity contribution in [2.24, 2.45) is 0 Å². The Balaban J connectivity index is 2.06. The monoisotopic (exact) mass is 244 g/mol. The van der Waals surface area contributed by atoms with Gasteiger partial charge in [-0.15, -0.1) is 11.3 Å². The van der Waals surface area contributed by atoms with Crippen molar-refractivity contribution >= 4 is 22.2 Å². The predicted octanol–water partition coefficient (Wildman–Crippen LogP) is 2.64. The van der Waals surface area contributed by atoms with Crippen molar-refractivity contribution in [3.63, 3.8) is 0 Å². The molecule has 0 atom stereocenters. The average molecular weight is 244 g/mol. The van der Waals surface area contributed by atoms with Crippen LogP contribution in [0.2, 0.25) is 0 Å². The Morgan fingerprint density at radius 1 is 1.29 bits per heavy atom. The van der Waals surface area contributed by atoms with Crippen molar-refractivity contribution in [3.8, 4) is 0 Å². The first-order valence-electron chi connectivity index (χ1n) is 5.43. The van der Waals surface area contributed by atoms with Crippen LogP contribution in [0.15, 0.2) is 42.2 Å². The molecule has 86 valence electrons. The number of fused-ring (bicyclic) bond motifs is 1. The molecule has 0 amide bonds. The summed E-state index contributed by atoms with van der Waals surface area (Å²) in [6.45, 7) is 0.922. The molecule has 3 aromatic rings. The van der Waals surface area contributed by atoms with Crippen LogP contribution in [0.25, 0.3) is 10.9 Å². The molecule has 0 saturated carbocycles. The van der Waals surface area contributed by atoms with E-state index in [1.54, 1.807) is 11.3 Å². The minimum atomic E-state index is 0.0852. The van der Waals surface area contributed by atoms with Crippen LogP contribution in [0.5, 0.6) is 0 Å². The first kappa shape index (κ1) is 10.5. The van der Waals surface area contributed by atoms with Crippen LogP contribution < -0.4 is 0 Å². The van der Waals surface area contributed by atoms with E-state index in [1.807, 2.05) is 23.8 Å². The Hall–Kier alpha value is -1.65. The van der Waals surface area contributed by atoms with E-state index in [-0.39, 0.29) is 6.61 Å². The highest BCUT2D eigenvalue weighted by atomic mass is 32.1. The van der Waals surface area contributed by atoms with Gasteiger partial charge >= 0.3 is 0 Å². The molecular formula is C13H12N2OS. The number of rotatable bonds is 3. The molecule has 0 fully saturated rings. The third-order valence-electron chi connectivity index (χ3n) is 2.88. The number of nitrogens with zero attached hydrogens (tertiary/aromatic N) is 2. The predicted molar refractivity (Wildman–Crippen MR) is 69.1 cm³/mol. The molecule has 0 aliphatic carbocycles. The van der Waals surface area contributed by atoms with Crippen LogP contribution >= 0.6 is 11.3 Å². The van der Waals surface area contributed by atoms with Gasteiger partial charge in [-0.05, 0) is 17.7 Å². The summed E-state index contributed by atoms with van der Waals surface area (Å²) in [6.07, 6.45) is 3.95. The van der Waals surface area contributed by atoms with E-state index >= 15 is 0 Å². The highest BCUT2D eigenvalue weighted by Crippen LogP contribution is 2.21. The third kappa shape index (κ3) is 1.85. The minimum absolute atomic E-state index is 0.0852. The molecule has 4 heteroatoms. The molecule has 2 aromatic heterocycles. The zero-order valence-electron chi connectivity index (χ0n) is 9.21. The standard InChI is InChI=1S/C13H12N2OS/c16-8-10-2-1-3-13-12(10)4-5-15(13)7-11-6-14-9-17-11/h1-6,9,16H,7-8H2. The maximum absolute atomic E-state index is 9.28. The molecule has 0 aliphatic heterocycles. The van der Waals surface area contributed by atoms with Gasteiger partial charge in [0.2, 0.25) is 0 Å². The second-order valence-electron chi connectivity index (χ2n) is 3.92. The molecule has 1 aromatic carbocycles.